The fraction of sp³-hybridized carbons (Fsp3) is 0.429. The summed E-state index contributed by atoms with van der Waals surface area (Å²) in [7, 11) is 0. The van der Waals surface area contributed by atoms with Crippen LogP contribution in [0.15, 0.2) is 24.3 Å². The van der Waals surface area contributed by atoms with Crippen molar-refractivity contribution in [3.05, 3.63) is 35.4 Å². The van der Waals surface area contributed by atoms with Crippen LogP contribution in [0.25, 0.3) is 6.08 Å². The van der Waals surface area contributed by atoms with Gasteiger partial charge in [-0.25, -0.2) is 0 Å². The van der Waals surface area contributed by atoms with Crippen LogP contribution in [0.3, 0.4) is 0 Å². The van der Waals surface area contributed by atoms with E-state index in [1.165, 1.54) is 5.56 Å². The van der Waals surface area contributed by atoms with Gasteiger partial charge in [0.05, 0.1) is 6.61 Å². The van der Waals surface area contributed by atoms with Crippen molar-refractivity contribution < 1.29 is 24.8 Å². The highest BCUT2D eigenvalue weighted by molar-refractivity contribution is 5.61. The lowest BCUT2D eigenvalue weighted by Gasteiger charge is -2.17. The maximum absolute atomic E-state index is 9.79. The summed E-state index contributed by atoms with van der Waals surface area (Å²) in [6.45, 7) is -0.356. The molecule has 19 heavy (non-hydrogen) atoms. The summed E-state index contributed by atoms with van der Waals surface area (Å²) >= 11 is 0. The van der Waals surface area contributed by atoms with E-state index in [2.05, 4.69) is 6.08 Å². The van der Waals surface area contributed by atoms with Crippen LogP contribution in [-0.4, -0.2) is 46.5 Å². The molecular weight excluding hydrogens is 248 g/mol. The van der Waals surface area contributed by atoms with E-state index < -0.39 is 24.6 Å². The molecule has 0 radical (unpaired) electrons. The fourth-order valence-electron chi connectivity index (χ4n) is 2.40. The fourth-order valence-corrected chi connectivity index (χ4v) is 2.40. The first kappa shape index (κ1) is 12.6. The van der Waals surface area contributed by atoms with Crippen molar-refractivity contribution in [3.8, 4) is 5.75 Å². The van der Waals surface area contributed by atoms with Crippen LogP contribution >= 0.6 is 0 Å². The first-order chi connectivity index (χ1) is 9.19. The van der Waals surface area contributed by atoms with Gasteiger partial charge in [0.2, 0.25) is 6.29 Å². The van der Waals surface area contributed by atoms with Crippen molar-refractivity contribution in [2.75, 3.05) is 6.61 Å². The van der Waals surface area contributed by atoms with Crippen LogP contribution < -0.4 is 4.74 Å². The van der Waals surface area contributed by atoms with E-state index in [0.29, 0.717) is 5.75 Å². The molecule has 3 rings (SSSR count). The van der Waals surface area contributed by atoms with Gasteiger partial charge in [-0.15, -0.1) is 0 Å². The third-order valence-corrected chi connectivity index (χ3v) is 3.50. The Labute approximate surface area is 110 Å². The van der Waals surface area contributed by atoms with E-state index in [9.17, 15) is 10.2 Å². The number of aliphatic hydroxyl groups is 3. The Kier molecular flexibility index (Phi) is 3.28. The molecule has 1 unspecified atom stereocenters. The third-order valence-electron chi connectivity index (χ3n) is 3.50. The van der Waals surface area contributed by atoms with Gasteiger partial charge in [-0.1, -0.05) is 18.2 Å². The van der Waals surface area contributed by atoms with Gasteiger partial charge in [-0.2, -0.15) is 0 Å². The van der Waals surface area contributed by atoms with Crippen LogP contribution in [-0.2, 0) is 11.2 Å². The predicted octanol–water partition coefficient (Wildman–Crippen LogP) is 0.0737. The van der Waals surface area contributed by atoms with E-state index >= 15 is 0 Å². The van der Waals surface area contributed by atoms with Crippen LogP contribution in [0.4, 0.5) is 0 Å². The van der Waals surface area contributed by atoms with Gasteiger partial charge in [0.15, 0.2) is 0 Å². The Morgan fingerprint density at radius 3 is 2.84 bits per heavy atom. The smallest absolute Gasteiger partial charge is 0.229 e. The molecule has 5 nitrogen and oxygen atoms in total. The molecule has 1 aromatic carbocycles. The molecule has 4 atom stereocenters. The first-order valence-corrected chi connectivity index (χ1v) is 6.27. The van der Waals surface area contributed by atoms with E-state index in [4.69, 9.17) is 14.6 Å². The number of aliphatic hydroxyl groups excluding tert-OH is 3. The molecule has 1 aromatic rings. The quantitative estimate of drug-likeness (QED) is 0.720. The van der Waals surface area contributed by atoms with E-state index in [1.807, 2.05) is 18.2 Å². The lowest BCUT2D eigenvalue weighted by molar-refractivity contribution is -0.116. The molecule has 3 N–H and O–H groups in total. The second-order valence-corrected chi connectivity index (χ2v) is 4.79. The molecule has 0 amide bonds. The summed E-state index contributed by atoms with van der Waals surface area (Å²) in [5, 5.41) is 28.4. The molecule has 1 aliphatic heterocycles. The van der Waals surface area contributed by atoms with Gasteiger partial charge in [-0.3, -0.25) is 0 Å². The highest BCUT2D eigenvalue weighted by Gasteiger charge is 2.43. The summed E-state index contributed by atoms with van der Waals surface area (Å²) in [5.74, 6) is 0.570. The molecule has 1 saturated heterocycles. The SMILES string of the molecule is OC[C@H]1OC(Oc2ccc3c(c2)C=CC3)[C@H](O)[C@H]1O. The van der Waals surface area contributed by atoms with Crippen molar-refractivity contribution in [1.29, 1.82) is 0 Å². The summed E-state index contributed by atoms with van der Waals surface area (Å²) in [5.41, 5.74) is 2.32. The molecule has 1 fully saturated rings. The minimum atomic E-state index is -1.17. The van der Waals surface area contributed by atoms with Crippen LogP contribution in [0, 0.1) is 0 Å². The van der Waals surface area contributed by atoms with E-state index in [1.54, 1.807) is 6.07 Å². The van der Waals surface area contributed by atoms with Gasteiger partial charge >= 0.3 is 0 Å². The average Bonchev–Trinajstić information content (AvgIpc) is 2.98. The topological polar surface area (TPSA) is 79.2 Å². The first-order valence-electron chi connectivity index (χ1n) is 6.27. The second kappa shape index (κ2) is 4.94. The molecule has 0 spiro atoms. The van der Waals surface area contributed by atoms with Crippen LogP contribution in [0.2, 0.25) is 0 Å². The van der Waals surface area contributed by atoms with Gasteiger partial charge in [0.25, 0.3) is 0 Å². The molecule has 2 aliphatic rings. The highest BCUT2D eigenvalue weighted by Crippen LogP contribution is 2.28. The van der Waals surface area contributed by atoms with E-state index in [-0.39, 0.29) is 6.61 Å². The number of rotatable bonds is 3. The zero-order valence-electron chi connectivity index (χ0n) is 10.3. The van der Waals surface area contributed by atoms with E-state index in [0.717, 1.165) is 12.0 Å². The predicted molar refractivity (Wildman–Crippen MR) is 67.6 cm³/mol. The van der Waals surface area contributed by atoms with Crippen LogP contribution in [0.1, 0.15) is 11.1 Å². The number of fused-ring (bicyclic) bond motifs is 1. The second-order valence-electron chi connectivity index (χ2n) is 4.79. The molecule has 5 heteroatoms. The maximum Gasteiger partial charge on any atom is 0.229 e. The number of benzene rings is 1. The zero-order valence-corrected chi connectivity index (χ0v) is 10.3. The molecule has 0 saturated carbocycles. The minimum Gasteiger partial charge on any atom is -0.462 e. The van der Waals surface area contributed by atoms with Crippen molar-refractivity contribution >= 4 is 6.08 Å². The monoisotopic (exact) mass is 264 g/mol. The van der Waals surface area contributed by atoms with Crippen molar-refractivity contribution in [1.82, 2.24) is 0 Å². The summed E-state index contributed by atoms with van der Waals surface area (Å²) in [4.78, 5) is 0. The summed E-state index contributed by atoms with van der Waals surface area (Å²) in [6, 6.07) is 5.64. The average molecular weight is 264 g/mol. The summed E-state index contributed by atoms with van der Waals surface area (Å²) < 4.78 is 10.8. The number of allylic oxidation sites excluding steroid dienone is 1. The lowest BCUT2D eigenvalue weighted by Crippen LogP contribution is -2.35. The molecule has 1 heterocycles. The van der Waals surface area contributed by atoms with Crippen LogP contribution in [0.5, 0.6) is 5.75 Å². The Hall–Kier alpha value is -1.40. The summed E-state index contributed by atoms with van der Waals surface area (Å²) in [6.07, 6.45) is 0.930. The largest absolute Gasteiger partial charge is 0.462 e. The van der Waals surface area contributed by atoms with Crippen molar-refractivity contribution in [2.45, 2.75) is 31.0 Å². The lowest BCUT2D eigenvalue weighted by atomic mass is 10.1. The van der Waals surface area contributed by atoms with Gasteiger partial charge in [-0.05, 0) is 29.7 Å². The number of hydrogen-bond acceptors (Lipinski definition) is 5. The highest BCUT2D eigenvalue weighted by atomic mass is 16.7. The number of ether oxygens (including phenoxy) is 2. The Morgan fingerprint density at radius 1 is 1.26 bits per heavy atom. The molecule has 0 bridgehead atoms. The third kappa shape index (κ3) is 2.26. The Balaban J connectivity index is 1.73. The standard InChI is InChI=1S/C14H16O5/c15-7-11-12(16)13(17)14(19-11)18-10-5-4-8-2-1-3-9(8)6-10/h1,3-6,11-17H,2,7H2/t11-,12+,13-,14?/m1/s1. The normalized spacial score (nSPS) is 32.6. The zero-order chi connectivity index (χ0) is 13.4. The Morgan fingerprint density at radius 2 is 2.11 bits per heavy atom. The van der Waals surface area contributed by atoms with Gasteiger partial charge in [0, 0.05) is 0 Å². The molecule has 0 aromatic heterocycles. The maximum atomic E-state index is 9.79. The van der Waals surface area contributed by atoms with Gasteiger partial charge < -0.3 is 24.8 Å². The van der Waals surface area contributed by atoms with Gasteiger partial charge in [0.1, 0.15) is 24.1 Å². The Bertz CT molecular complexity index is 499. The minimum absolute atomic E-state index is 0.356. The number of hydrogen-bond donors (Lipinski definition) is 3. The van der Waals surface area contributed by atoms with Crippen molar-refractivity contribution in [3.63, 3.8) is 0 Å². The molecule has 102 valence electrons. The van der Waals surface area contributed by atoms with Crippen molar-refractivity contribution in [2.24, 2.45) is 0 Å². The molecular formula is C14H16O5. The molecule has 1 aliphatic carbocycles.